The highest BCUT2D eigenvalue weighted by molar-refractivity contribution is 7.89. The summed E-state index contributed by atoms with van der Waals surface area (Å²) in [7, 11) is -1.97. The van der Waals surface area contributed by atoms with E-state index < -0.39 is 10.0 Å². The maximum Gasteiger partial charge on any atom is 0.321 e. The number of para-hydroxylation sites is 1. The molecule has 23 heavy (non-hydrogen) atoms. The van der Waals surface area contributed by atoms with Crippen LogP contribution < -0.4 is 15.4 Å². The molecule has 0 atom stereocenters. The molecule has 0 fully saturated rings. The third-order valence-electron chi connectivity index (χ3n) is 3.39. The van der Waals surface area contributed by atoms with Gasteiger partial charge in [0.15, 0.2) is 0 Å². The maximum atomic E-state index is 12.0. The topological polar surface area (TPSA) is 92.5 Å². The zero-order valence-corrected chi connectivity index (χ0v) is 13.6. The van der Waals surface area contributed by atoms with E-state index in [0.29, 0.717) is 13.0 Å². The van der Waals surface area contributed by atoms with E-state index in [-0.39, 0.29) is 10.9 Å². The summed E-state index contributed by atoms with van der Waals surface area (Å²) in [5.41, 5.74) is 1.72. The van der Waals surface area contributed by atoms with Crippen LogP contribution in [0.15, 0.2) is 59.5 Å². The molecule has 0 saturated heterocycles. The number of carbonyl (C=O) groups excluding carboxylic acids is 1. The number of anilines is 1. The van der Waals surface area contributed by atoms with Gasteiger partial charge in [-0.15, -0.1) is 0 Å². The van der Waals surface area contributed by atoms with Crippen molar-refractivity contribution in [2.75, 3.05) is 18.5 Å². The zero-order chi connectivity index (χ0) is 16.9. The van der Waals surface area contributed by atoms with Gasteiger partial charge in [-0.05, 0) is 36.2 Å². The fourth-order valence-electron chi connectivity index (χ4n) is 2.05. The number of carbonyl (C=O) groups is 1. The SMILES string of the molecule is CN(C(=O)NCCc1ccc(S(N)(=O)=O)cc1)c1ccccc1. The quantitative estimate of drug-likeness (QED) is 0.872. The van der Waals surface area contributed by atoms with Crippen LogP contribution in [0, 0.1) is 0 Å². The van der Waals surface area contributed by atoms with E-state index in [4.69, 9.17) is 5.14 Å². The summed E-state index contributed by atoms with van der Waals surface area (Å²) in [5.74, 6) is 0. The number of nitrogens with two attached hydrogens (primary N) is 1. The number of primary sulfonamides is 1. The molecule has 7 heteroatoms. The highest BCUT2D eigenvalue weighted by Crippen LogP contribution is 2.11. The molecule has 2 rings (SSSR count). The molecule has 6 nitrogen and oxygen atoms in total. The van der Waals surface area contributed by atoms with Crippen LogP contribution in [0.2, 0.25) is 0 Å². The number of amides is 2. The van der Waals surface area contributed by atoms with E-state index in [1.807, 2.05) is 30.3 Å². The number of hydrogen-bond acceptors (Lipinski definition) is 3. The van der Waals surface area contributed by atoms with E-state index in [1.165, 1.54) is 17.0 Å². The molecule has 0 aliphatic heterocycles. The Bertz CT molecular complexity index is 759. The van der Waals surface area contributed by atoms with Gasteiger partial charge in [0.05, 0.1) is 4.90 Å². The third kappa shape index (κ3) is 4.80. The van der Waals surface area contributed by atoms with Gasteiger partial charge in [-0.1, -0.05) is 30.3 Å². The number of benzene rings is 2. The normalized spacial score (nSPS) is 11.0. The summed E-state index contributed by atoms with van der Waals surface area (Å²) in [6.45, 7) is 0.449. The van der Waals surface area contributed by atoms with Crippen molar-refractivity contribution in [3.05, 3.63) is 60.2 Å². The average Bonchev–Trinajstić information content (AvgIpc) is 2.54. The fraction of sp³-hybridized carbons (Fsp3) is 0.188. The van der Waals surface area contributed by atoms with Crippen LogP contribution in [-0.2, 0) is 16.4 Å². The Hall–Kier alpha value is -2.38. The average molecular weight is 333 g/mol. The van der Waals surface area contributed by atoms with Gasteiger partial charge < -0.3 is 5.32 Å². The van der Waals surface area contributed by atoms with Gasteiger partial charge in [-0.25, -0.2) is 18.4 Å². The van der Waals surface area contributed by atoms with E-state index >= 15 is 0 Å². The lowest BCUT2D eigenvalue weighted by atomic mass is 10.1. The van der Waals surface area contributed by atoms with Crippen LogP contribution >= 0.6 is 0 Å². The van der Waals surface area contributed by atoms with Gasteiger partial charge in [0.2, 0.25) is 10.0 Å². The zero-order valence-electron chi connectivity index (χ0n) is 12.8. The van der Waals surface area contributed by atoms with E-state index in [9.17, 15) is 13.2 Å². The number of rotatable bonds is 5. The largest absolute Gasteiger partial charge is 0.337 e. The Kier molecular flexibility index (Phi) is 5.36. The van der Waals surface area contributed by atoms with Crippen molar-refractivity contribution in [1.82, 2.24) is 5.32 Å². The molecule has 122 valence electrons. The molecular formula is C16H19N3O3S. The van der Waals surface area contributed by atoms with Gasteiger partial charge in [0, 0.05) is 19.3 Å². The molecule has 0 saturated carbocycles. The van der Waals surface area contributed by atoms with Crippen molar-refractivity contribution in [2.24, 2.45) is 5.14 Å². The second-order valence-electron chi connectivity index (χ2n) is 5.07. The van der Waals surface area contributed by atoms with E-state index in [0.717, 1.165) is 11.3 Å². The second kappa shape index (κ2) is 7.26. The van der Waals surface area contributed by atoms with E-state index in [2.05, 4.69) is 5.32 Å². The Balaban J connectivity index is 1.86. The van der Waals surface area contributed by atoms with Crippen molar-refractivity contribution in [2.45, 2.75) is 11.3 Å². The van der Waals surface area contributed by atoms with Crippen molar-refractivity contribution in [1.29, 1.82) is 0 Å². The summed E-state index contributed by atoms with van der Waals surface area (Å²) in [4.78, 5) is 13.6. The number of nitrogens with one attached hydrogen (secondary N) is 1. The number of urea groups is 1. The lowest BCUT2D eigenvalue weighted by Crippen LogP contribution is -2.38. The Morgan fingerprint density at radius 3 is 2.26 bits per heavy atom. The minimum Gasteiger partial charge on any atom is -0.337 e. The third-order valence-corrected chi connectivity index (χ3v) is 4.32. The first kappa shape index (κ1) is 17.0. The highest BCUT2D eigenvalue weighted by atomic mass is 32.2. The minimum absolute atomic E-state index is 0.0779. The number of hydrogen-bond donors (Lipinski definition) is 2. The Labute approximate surface area is 136 Å². The van der Waals surface area contributed by atoms with Crippen LogP contribution in [0.3, 0.4) is 0 Å². The minimum atomic E-state index is -3.67. The molecule has 0 aromatic heterocycles. The molecule has 0 heterocycles. The summed E-state index contributed by atoms with van der Waals surface area (Å²) in [6, 6.07) is 15.4. The van der Waals surface area contributed by atoms with Crippen LogP contribution in [0.4, 0.5) is 10.5 Å². The number of sulfonamides is 1. The van der Waals surface area contributed by atoms with Crippen molar-refractivity contribution >= 4 is 21.7 Å². The maximum absolute atomic E-state index is 12.0. The van der Waals surface area contributed by atoms with E-state index in [1.54, 1.807) is 19.2 Å². The summed E-state index contributed by atoms with van der Waals surface area (Å²) in [6.07, 6.45) is 0.596. The lowest BCUT2D eigenvalue weighted by Gasteiger charge is -2.18. The van der Waals surface area contributed by atoms with Gasteiger partial charge >= 0.3 is 6.03 Å². The second-order valence-corrected chi connectivity index (χ2v) is 6.63. The summed E-state index contributed by atoms with van der Waals surface area (Å²) < 4.78 is 22.3. The lowest BCUT2D eigenvalue weighted by molar-refractivity contribution is 0.247. The van der Waals surface area contributed by atoms with Crippen molar-refractivity contribution in [3.8, 4) is 0 Å². The molecule has 0 bridgehead atoms. The molecule has 2 aromatic carbocycles. The van der Waals surface area contributed by atoms with Gasteiger partial charge in [-0.3, -0.25) is 4.90 Å². The monoisotopic (exact) mass is 333 g/mol. The molecule has 0 unspecified atom stereocenters. The summed E-state index contributed by atoms with van der Waals surface area (Å²) >= 11 is 0. The van der Waals surface area contributed by atoms with Gasteiger partial charge in [-0.2, -0.15) is 0 Å². The molecule has 2 amide bonds. The van der Waals surface area contributed by atoms with Crippen LogP contribution in [0.1, 0.15) is 5.56 Å². The van der Waals surface area contributed by atoms with Gasteiger partial charge in [0.25, 0.3) is 0 Å². The predicted octanol–water partition coefficient (Wildman–Crippen LogP) is 1.72. The first-order valence-corrected chi connectivity index (χ1v) is 8.61. The van der Waals surface area contributed by atoms with Crippen molar-refractivity contribution in [3.63, 3.8) is 0 Å². The Morgan fingerprint density at radius 2 is 1.70 bits per heavy atom. The Morgan fingerprint density at radius 1 is 1.09 bits per heavy atom. The van der Waals surface area contributed by atoms with Gasteiger partial charge in [0.1, 0.15) is 0 Å². The summed E-state index contributed by atoms with van der Waals surface area (Å²) in [5, 5.41) is 7.86. The number of nitrogens with zero attached hydrogens (tertiary/aromatic N) is 1. The van der Waals surface area contributed by atoms with Crippen molar-refractivity contribution < 1.29 is 13.2 Å². The predicted molar refractivity (Wildman–Crippen MR) is 89.8 cm³/mol. The van der Waals surface area contributed by atoms with Crippen LogP contribution in [0.5, 0.6) is 0 Å². The highest BCUT2D eigenvalue weighted by Gasteiger charge is 2.10. The molecule has 0 spiro atoms. The van der Waals surface area contributed by atoms with Crippen LogP contribution in [0.25, 0.3) is 0 Å². The first-order chi connectivity index (χ1) is 10.9. The first-order valence-electron chi connectivity index (χ1n) is 7.06. The molecule has 0 radical (unpaired) electrons. The molecular weight excluding hydrogens is 314 g/mol. The molecule has 2 aromatic rings. The standard InChI is InChI=1S/C16H19N3O3S/c1-19(14-5-3-2-4-6-14)16(20)18-12-11-13-7-9-15(10-8-13)23(17,21)22/h2-10H,11-12H2,1H3,(H,18,20)(H2,17,21,22). The smallest absolute Gasteiger partial charge is 0.321 e. The molecule has 3 N–H and O–H groups in total. The fourth-order valence-corrected chi connectivity index (χ4v) is 2.56. The molecule has 0 aliphatic carbocycles. The molecule has 0 aliphatic rings. The van der Waals surface area contributed by atoms with Crippen LogP contribution in [-0.4, -0.2) is 28.0 Å².